The summed E-state index contributed by atoms with van der Waals surface area (Å²) in [5, 5.41) is 9.06. The standard InChI is InChI=1S/C27H29N3O4/c1-5-24-29-25-17(3)13-18(4)28-26(25)30(24)15-20-9-12-22(23(14-20)33-6-2)34-16-19-7-10-21(11-8-19)27(31)32/h7-14H,5-6,15-16H2,1-4H3,(H,31,32). The van der Waals surface area contributed by atoms with Crippen molar-refractivity contribution < 1.29 is 19.4 Å². The van der Waals surface area contributed by atoms with Gasteiger partial charge < -0.3 is 19.1 Å². The van der Waals surface area contributed by atoms with Crippen molar-refractivity contribution in [2.45, 2.75) is 47.3 Å². The van der Waals surface area contributed by atoms with Gasteiger partial charge in [-0.2, -0.15) is 0 Å². The van der Waals surface area contributed by atoms with Crippen LogP contribution in [0.1, 0.15) is 52.4 Å². The first-order chi connectivity index (χ1) is 16.4. The number of carboxylic acids is 1. The van der Waals surface area contributed by atoms with Gasteiger partial charge in [-0.1, -0.05) is 25.1 Å². The predicted octanol–water partition coefficient (Wildman–Crippen LogP) is 5.33. The molecule has 0 saturated heterocycles. The van der Waals surface area contributed by atoms with Crippen LogP contribution in [0.25, 0.3) is 11.2 Å². The molecular weight excluding hydrogens is 430 g/mol. The molecule has 4 rings (SSSR count). The Morgan fingerprint density at radius 3 is 2.35 bits per heavy atom. The van der Waals surface area contributed by atoms with Gasteiger partial charge in [0.2, 0.25) is 0 Å². The van der Waals surface area contributed by atoms with Gasteiger partial charge in [0.25, 0.3) is 0 Å². The van der Waals surface area contributed by atoms with Crippen LogP contribution < -0.4 is 9.47 Å². The number of rotatable bonds is 9. The SMILES string of the molecule is CCOc1cc(Cn2c(CC)nc3c(C)cc(C)nc32)ccc1OCc1ccc(C(=O)O)cc1. The smallest absolute Gasteiger partial charge is 0.335 e. The van der Waals surface area contributed by atoms with Gasteiger partial charge in [0.1, 0.15) is 17.9 Å². The molecule has 176 valence electrons. The topological polar surface area (TPSA) is 86.5 Å². The summed E-state index contributed by atoms with van der Waals surface area (Å²) in [5.41, 5.74) is 6.15. The number of pyridine rings is 1. The van der Waals surface area contributed by atoms with E-state index in [4.69, 9.17) is 24.5 Å². The zero-order valence-electron chi connectivity index (χ0n) is 20.0. The molecule has 7 heteroatoms. The first-order valence-corrected chi connectivity index (χ1v) is 11.4. The summed E-state index contributed by atoms with van der Waals surface area (Å²) in [7, 11) is 0. The molecular formula is C27H29N3O4. The maximum atomic E-state index is 11.0. The second-order valence-corrected chi connectivity index (χ2v) is 8.23. The second kappa shape index (κ2) is 9.95. The molecule has 0 atom stereocenters. The summed E-state index contributed by atoms with van der Waals surface area (Å²) < 4.78 is 14.1. The number of imidazole rings is 1. The summed E-state index contributed by atoms with van der Waals surface area (Å²) in [6.07, 6.45) is 0.815. The Balaban J connectivity index is 1.59. The number of carboxylic acid groups (broad SMARTS) is 1. The number of aromatic carboxylic acids is 1. The molecule has 0 aliphatic rings. The molecule has 34 heavy (non-hydrogen) atoms. The molecule has 4 aromatic rings. The molecule has 0 amide bonds. The number of hydrogen-bond donors (Lipinski definition) is 1. The minimum Gasteiger partial charge on any atom is -0.490 e. The summed E-state index contributed by atoms with van der Waals surface area (Å²) in [5.74, 6) is 1.37. The molecule has 2 heterocycles. The van der Waals surface area contributed by atoms with Crippen LogP contribution in [0.4, 0.5) is 0 Å². The van der Waals surface area contributed by atoms with Crippen molar-refractivity contribution in [2.24, 2.45) is 0 Å². The average Bonchev–Trinajstić information content (AvgIpc) is 3.16. The first-order valence-electron chi connectivity index (χ1n) is 11.4. The zero-order valence-corrected chi connectivity index (χ0v) is 20.0. The largest absolute Gasteiger partial charge is 0.490 e. The minimum atomic E-state index is -0.945. The fraction of sp³-hybridized carbons (Fsp3) is 0.296. The van der Waals surface area contributed by atoms with Crippen LogP contribution >= 0.6 is 0 Å². The number of ether oxygens (including phenoxy) is 2. The van der Waals surface area contributed by atoms with Crippen molar-refractivity contribution in [2.75, 3.05) is 6.61 Å². The fourth-order valence-corrected chi connectivity index (χ4v) is 4.01. The monoisotopic (exact) mass is 459 g/mol. The van der Waals surface area contributed by atoms with Crippen LogP contribution in [-0.4, -0.2) is 32.2 Å². The fourth-order valence-electron chi connectivity index (χ4n) is 4.01. The number of aromatic nitrogens is 3. The van der Waals surface area contributed by atoms with Crippen molar-refractivity contribution in [3.05, 3.63) is 82.3 Å². The highest BCUT2D eigenvalue weighted by molar-refractivity contribution is 5.87. The normalized spacial score (nSPS) is 11.1. The molecule has 1 N–H and O–H groups in total. The Morgan fingerprint density at radius 1 is 0.941 bits per heavy atom. The highest BCUT2D eigenvalue weighted by atomic mass is 16.5. The molecule has 2 aromatic heterocycles. The van der Waals surface area contributed by atoms with E-state index in [9.17, 15) is 4.79 Å². The van der Waals surface area contributed by atoms with Crippen molar-refractivity contribution >= 4 is 17.1 Å². The summed E-state index contributed by atoms with van der Waals surface area (Å²) in [4.78, 5) is 20.6. The molecule has 0 aliphatic carbocycles. The third-order valence-corrected chi connectivity index (χ3v) is 5.66. The van der Waals surface area contributed by atoms with Crippen LogP contribution in [0.5, 0.6) is 11.5 Å². The van der Waals surface area contributed by atoms with E-state index in [1.54, 1.807) is 24.3 Å². The molecule has 0 radical (unpaired) electrons. The molecule has 0 saturated carbocycles. The van der Waals surface area contributed by atoms with E-state index < -0.39 is 5.97 Å². The summed E-state index contributed by atoms with van der Waals surface area (Å²) >= 11 is 0. The quantitative estimate of drug-likeness (QED) is 0.364. The second-order valence-electron chi connectivity index (χ2n) is 8.23. The number of hydrogen-bond acceptors (Lipinski definition) is 5. The van der Waals surface area contributed by atoms with Gasteiger partial charge in [-0.05, 0) is 67.8 Å². The van der Waals surface area contributed by atoms with Crippen LogP contribution in [0.3, 0.4) is 0 Å². The van der Waals surface area contributed by atoms with Crippen LogP contribution in [0.2, 0.25) is 0 Å². The Morgan fingerprint density at radius 2 is 1.68 bits per heavy atom. The third-order valence-electron chi connectivity index (χ3n) is 5.66. The summed E-state index contributed by atoms with van der Waals surface area (Å²) in [6, 6.07) is 14.7. The van der Waals surface area contributed by atoms with Gasteiger partial charge in [-0.3, -0.25) is 0 Å². The zero-order chi connectivity index (χ0) is 24.2. The highest BCUT2D eigenvalue weighted by Crippen LogP contribution is 2.30. The van der Waals surface area contributed by atoms with Gasteiger partial charge in [-0.25, -0.2) is 14.8 Å². The van der Waals surface area contributed by atoms with Gasteiger partial charge >= 0.3 is 5.97 Å². The van der Waals surface area contributed by atoms with E-state index in [2.05, 4.69) is 24.5 Å². The third kappa shape index (κ3) is 4.88. The van der Waals surface area contributed by atoms with E-state index >= 15 is 0 Å². The molecule has 0 spiro atoms. The number of fused-ring (bicyclic) bond motifs is 1. The predicted molar refractivity (Wildman–Crippen MR) is 131 cm³/mol. The van der Waals surface area contributed by atoms with Crippen molar-refractivity contribution in [1.29, 1.82) is 0 Å². The van der Waals surface area contributed by atoms with Gasteiger partial charge in [0.15, 0.2) is 17.1 Å². The number of aryl methyl sites for hydroxylation is 3. The lowest BCUT2D eigenvalue weighted by Gasteiger charge is -2.15. The highest BCUT2D eigenvalue weighted by Gasteiger charge is 2.15. The molecule has 7 nitrogen and oxygen atoms in total. The van der Waals surface area contributed by atoms with E-state index in [1.807, 2.05) is 32.0 Å². The number of nitrogens with zero attached hydrogens (tertiary/aromatic N) is 3. The van der Waals surface area contributed by atoms with Crippen molar-refractivity contribution in [3.8, 4) is 11.5 Å². The van der Waals surface area contributed by atoms with E-state index in [0.29, 0.717) is 31.3 Å². The van der Waals surface area contributed by atoms with Gasteiger partial charge in [0.05, 0.1) is 18.7 Å². The first kappa shape index (κ1) is 23.3. The van der Waals surface area contributed by atoms with E-state index in [0.717, 1.165) is 45.8 Å². The molecule has 0 aliphatic heterocycles. The molecule has 2 aromatic carbocycles. The van der Waals surface area contributed by atoms with Crippen LogP contribution in [0.15, 0.2) is 48.5 Å². The maximum Gasteiger partial charge on any atom is 0.335 e. The Bertz CT molecular complexity index is 1330. The lowest BCUT2D eigenvalue weighted by molar-refractivity contribution is 0.0697. The van der Waals surface area contributed by atoms with Crippen LogP contribution in [-0.2, 0) is 19.6 Å². The average molecular weight is 460 g/mol. The Labute approximate surface area is 199 Å². The minimum absolute atomic E-state index is 0.251. The maximum absolute atomic E-state index is 11.0. The number of benzene rings is 2. The molecule has 0 unspecified atom stereocenters. The van der Waals surface area contributed by atoms with Crippen molar-refractivity contribution in [3.63, 3.8) is 0 Å². The van der Waals surface area contributed by atoms with E-state index in [1.165, 1.54) is 0 Å². The van der Waals surface area contributed by atoms with Gasteiger partial charge in [0, 0.05) is 12.1 Å². The lowest BCUT2D eigenvalue weighted by atomic mass is 10.1. The lowest BCUT2D eigenvalue weighted by Crippen LogP contribution is -2.07. The Hall–Kier alpha value is -3.87. The van der Waals surface area contributed by atoms with E-state index in [-0.39, 0.29) is 5.56 Å². The van der Waals surface area contributed by atoms with Gasteiger partial charge in [-0.15, -0.1) is 0 Å². The molecule has 0 bridgehead atoms. The Kier molecular flexibility index (Phi) is 6.82. The van der Waals surface area contributed by atoms with Crippen LogP contribution in [0, 0.1) is 13.8 Å². The van der Waals surface area contributed by atoms with Crippen molar-refractivity contribution in [1.82, 2.24) is 14.5 Å². The summed E-state index contributed by atoms with van der Waals surface area (Å²) in [6.45, 7) is 9.58. The number of carbonyl (C=O) groups is 1. The molecule has 0 fully saturated rings.